The highest BCUT2D eigenvalue weighted by molar-refractivity contribution is 6.33. The van der Waals surface area contributed by atoms with Gasteiger partial charge in [-0.1, -0.05) is 25.4 Å². The van der Waals surface area contributed by atoms with E-state index in [1.807, 2.05) is 0 Å². The summed E-state index contributed by atoms with van der Waals surface area (Å²) in [5.74, 6) is 0.185. The molecule has 0 amide bonds. The number of aromatic nitrogens is 2. The summed E-state index contributed by atoms with van der Waals surface area (Å²) in [5.41, 5.74) is 9.44. The topological polar surface area (TPSA) is 51.8 Å². The standard InChI is InChI=1S/C16H19ClFN3/c1-3-14-12(7-8-19)15(4-2)21-16(20-14)11-6-5-10(18)9-13(11)17/h5-6,9H,3-4,7-8,19H2,1-2H3. The molecule has 2 N–H and O–H groups in total. The van der Waals surface area contributed by atoms with Gasteiger partial charge in [-0.25, -0.2) is 14.4 Å². The number of halogens is 2. The van der Waals surface area contributed by atoms with Crippen LogP contribution in [0, 0.1) is 5.82 Å². The molecular formula is C16H19ClFN3. The van der Waals surface area contributed by atoms with E-state index < -0.39 is 0 Å². The quantitative estimate of drug-likeness (QED) is 0.919. The summed E-state index contributed by atoms with van der Waals surface area (Å²) < 4.78 is 13.2. The van der Waals surface area contributed by atoms with Crippen molar-refractivity contribution < 1.29 is 4.39 Å². The number of hydrogen-bond acceptors (Lipinski definition) is 3. The molecule has 0 saturated heterocycles. The van der Waals surface area contributed by atoms with E-state index in [1.54, 1.807) is 6.07 Å². The molecule has 0 atom stereocenters. The maximum absolute atomic E-state index is 13.2. The van der Waals surface area contributed by atoms with E-state index in [2.05, 4.69) is 23.8 Å². The van der Waals surface area contributed by atoms with Crippen LogP contribution < -0.4 is 5.73 Å². The molecule has 1 aromatic carbocycles. The van der Waals surface area contributed by atoms with Gasteiger partial charge in [0.15, 0.2) is 5.82 Å². The van der Waals surface area contributed by atoms with E-state index in [0.29, 0.717) is 23.0 Å². The summed E-state index contributed by atoms with van der Waals surface area (Å²) in [4.78, 5) is 9.21. The van der Waals surface area contributed by atoms with Crippen molar-refractivity contribution in [2.45, 2.75) is 33.1 Å². The Morgan fingerprint density at radius 1 is 1.14 bits per heavy atom. The van der Waals surface area contributed by atoms with E-state index >= 15 is 0 Å². The van der Waals surface area contributed by atoms with Crippen LogP contribution in [0.5, 0.6) is 0 Å². The summed E-state index contributed by atoms with van der Waals surface area (Å²) in [6.07, 6.45) is 2.37. The van der Waals surface area contributed by atoms with Gasteiger partial charge < -0.3 is 5.73 Å². The van der Waals surface area contributed by atoms with E-state index in [1.165, 1.54) is 12.1 Å². The van der Waals surface area contributed by atoms with Gasteiger partial charge in [0.2, 0.25) is 0 Å². The molecule has 0 bridgehead atoms. The number of hydrogen-bond donors (Lipinski definition) is 1. The Morgan fingerprint density at radius 2 is 1.76 bits per heavy atom. The molecule has 0 radical (unpaired) electrons. The average Bonchev–Trinajstić information content (AvgIpc) is 2.47. The largest absolute Gasteiger partial charge is 0.330 e. The number of benzene rings is 1. The summed E-state index contributed by atoms with van der Waals surface area (Å²) in [5, 5.41) is 0.325. The third-order valence-electron chi connectivity index (χ3n) is 3.41. The van der Waals surface area contributed by atoms with Crippen LogP contribution in [-0.4, -0.2) is 16.5 Å². The number of aryl methyl sites for hydroxylation is 2. The van der Waals surface area contributed by atoms with E-state index in [9.17, 15) is 4.39 Å². The first kappa shape index (κ1) is 15.9. The molecule has 0 fully saturated rings. The van der Waals surface area contributed by atoms with Crippen molar-refractivity contribution in [2.24, 2.45) is 5.73 Å². The van der Waals surface area contributed by atoms with Gasteiger partial charge in [-0.15, -0.1) is 0 Å². The van der Waals surface area contributed by atoms with Gasteiger partial charge in [-0.3, -0.25) is 0 Å². The lowest BCUT2D eigenvalue weighted by atomic mass is 10.0. The third-order valence-corrected chi connectivity index (χ3v) is 3.73. The maximum atomic E-state index is 13.2. The first-order chi connectivity index (χ1) is 10.1. The van der Waals surface area contributed by atoms with Gasteiger partial charge in [0.05, 0.1) is 5.02 Å². The third kappa shape index (κ3) is 3.39. The molecule has 0 saturated carbocycles. The molecule has 5 heteroatoms. The van der Waals surface area contributed by atoms with Gasteiger partial charge >= 0.3 is 0 Å². The van der Waals surface area contributed by atoms with E-state index in [4.69, 9.17) is 17.3 Å². The van der Waals surface area contributed by atoms with Crippen LogP contribution in [0.2, 0.25) is 5.02 Å². The molecule has 2 aromatic rings. The fraction of sp³-hybridized carbons (Fsp3) is 0.375. The monoisotopic (exact) mass is 307 g/mol. The lowest BCUT2D eigenvalue weighted by Gasteiger charge is -2.14. The lowest BCUT2D eigenvalue weighted by molar-refractivity contribution is 0.628. The predicted octanol–water partition coefficient (Wildman–Crippen LogP) is 3.56. The van der Waals surface area contributed by atoms with Crippen LogP contribution in [0.4, 0.5) is 4.39 Å². The molecule has 0 aliphatic carbocycles. The fourth-order valence-electron chi connectivity index (χ4n) is 2.39. The zero-order valence-corrected chi connectivity index (χ0v) is 13.0. The van der Waals surface area contributed by atoms with Crippen LogP contribution in [0.25, 0.3) is 11.4 Å². The van der Waals surface area contributed by atoms with Crippen molar-refractivity contribution in [1.82, 2.24) is 9.97 Å². The Morgan fingerprint density at radius 3 is 2.24 bits per heavy atom. The van der Waals surface area contributed by atoms with Crippen LogP contribution in [0.1, 0.15) is 30.8 Å². The molecule has 0 unspecified atom stereocenters. The van der Waals surface area contributed by atoms with Crippen molar-refractivity contribution >= 4 is 11.6 Å². The Bertz CT molecular complexity index is 618. The number of nitrogens with two attached hydrogens (primary N) is 1. The number of nitrogens with zero attached hydrogens (tertiary/aromatic N) is 2. The summed E-state index contributed by atoms with van der Waals surface area (Å²) >= 11 is 6.12. The Labute approximate surface area is 129 Å². The molecule has 21 heavy (non-hydrogen) atoms. The highest BCUT2D eigenvalue weighted by Crippen LogP contribution is 2.27. The van der Waals surface area contributed by atoms with Crippen molar-refractivity contribution in [1.29, 1.82) is 0 Å². The second kappa shape index (κ2) is 6.96. The smallest absolute Gasteiger partial charge is 0.161 e. The van der Waals surface area contributed by atoms with Crippen LogP contribution in [0.3, 0.4) is 0 Å². The van der Waals surface area contributed by atoms with Gasteiger partial charge in [0, 0.05) is 17.0 Å². The van der Waals surface area contributed by atoms with Crippen LogP contribution in [0.15, 0.2) is 18.2 Å². The molecule has 0 aliphatic heterocycles. The highest BCUT2D eigenvalue weighted by Gasteiger charge is 2.15. The average molecular weight is 308 g/mol. The molecule has 1 heterocycles. The molecule has 112 valence electrons. The van der Waals surface area contributed by atoms with Crippen LogP contribution >= 0.6 is 11.6 Å². The lowest BCUT2D eigenvalue weighted by Crippen LogP contribution is -2.12. The minimum Gasteiger partial charge on any atom is -0.330 e. The SMILES string of the molecule is CCc1nc(-c2ccc(F)cc2Cl)nc(CC)c1CCN. The molecular weight excluding hydrogens is 289 g/mol. The van der Waals surface area contributed by atoms with Crippen molar-refractivity contribution in [3.63, 3.8) is 0 Å². The molecule has 0 spiro atoms. The molecule has 1 aromatic heterocycles. The number of rotatable bonds is 5. The predicted molar refractivity (Wildman–Crippen MR) is 84.0 cm³/mol. The fourth-order valence-corrected chi connectivity index (χ4v) is 2.64. The first-order valence-corrected chi connectivity index (χ1v) is 7.52. The Hall–Kier alpha value is -1.52. The van der Waals surface area contributed by atoms with Crippen molar-refractivity contribution in [3.05, 3.63) is 46.0 Å². The summed E-state index contributed by atoms with van der Waals surface area (Å²) in [6.45, 7) is 4.68. The first-order valence-electron chi connectivity index (χ1n) is 7.14. The molecule has 2 rings (SSSR count). The highest BCUT2D eigenvalue weighted by atomic mass is 35.5. The molecule has 3 nitrogen and oxygen atoms in total. The van der Waals surface area contributed by atoms with Crippen molar-refractivity contribution in [2.75, 3.05) is 6.54 Å². The summed E-state index contributed by atoms with van der Waals surface area (Å²) in [7, 11) is 0. The maximum Gasteiger partial charge on any atom is 0.161 e. The second-order valence-electron chi connectivity index (χ2n) is 4.79. The van der Waals surface area contributed by atoms with Gasteiger partial charge in [0.1, 0.15) is 5.82 Å². The minimum atomic E-state index is -0.366. The second-order valence-corrected chi connectivity index (χ2v) is 5.20. The van der Waals surface area contributed by atoms with E-state index in [0.717, 1.165) is 36.2 Å². The Balaban J connectivity index is 2.59. The zero-order valence-electron chi connectivity index (χ0n) is 12.3. The van der Waals surface area contributed by atoms with Crippen molar-refractivity contribution in [3.8, 4) is 11.4 Å². The van der Waals surface area contributed by atoms with Gasteiger partial charge in [0.25, 0.3) is 0 Å². The molecule has 0 aliphatic rings. The van der Waals surface area contributed by atoms with E-state index in [-0.39, 0.29) is 5.82 Å². The van der Waals surface area contributed by atoms with Gasteiger partial charge in [-0.2, -0.15) is 0 Å². The minimum absolute atomic E-state index is 0.325. The Kier molecular flexibility index (Phi) is 5.26. The summed E-state index contributed by atoms with van der Waals surface area (Å²) in [6, 6.07) is 4.27. The zero-order chi connectivity index (χ0) is 15.4. The van der Waals surface area contributed by atoms with Crippen LogP contribution in [-0.2, 0) is 19.3 Å². The van der Waals surface area contributed by atoms with Gasteiger partial charge in [-0.05, 0) is 49.6 Å². The normalized spacial score (nSPS) is 10.9.